The van der Waals surface area contributed by atoms with Crippen molar-refractivity contribution < 1.29 is 9.53 Å². The minimum Gasteiger partial charge on any atom is -0.484 e. The van der Waals surface area contributed by atoms with Gasteiger partial charge in [-0.05, 0) is 23.8 Å². The lowest BCUT2D eigenvalue weighted by atomic mass is 10.2. The second kappa shape index (κ2) is 7.79. The van der Waals surface area contributed by atoms with Gasteiger partial charge < -0.3 is 10.1 Å². The van der Waals surface area contributed by atoms with Crippen LogP contribution in [0.2, 0.25) is 0 Å². The van der Waals surface area contributed by atoms with Crippen molar-refractivity contribution in [2.24, 2.45) is 0 Å². The van der Waals surface area contributed by atoms with E-state index in [9.17, 15) is 4.79 Å². The van der Waals surface area contributed by atoms with E-state index in [0.29, 0.717) is 18.1 Å². The molecule has 24 heavy (non-hydrogen) atoms. The van der Waals surface area contributed by atoms with Crippen molar-refractivity contribution in [3.8, 4) is 5.75 Å². The molecule has 5 nitrogen and oxygen atoms in total. The zero-order chi connectivity index (χ0) is 16.8. The van der Waals surface area contributed by atoms with Crippen LogP contribution in [0.15, 0.2) is 71.3 Å². The molecule has 0 spiro atoms. The van der Waals surface area contributed by atoms with Crippen LogP contribution in [0.3, 0.4) is 0 Å². The largest absolute Gasteiger partial charge is 0.484 e. The van der Waals surface area contributed by atoms with Gasteiger partial charge in [0, 0.05) is 10.5 Å². The first kappa shape index (κ1) is 16.3. The standard InChI is InChI=1S/C18H16BrN3O2/c19-15-7-4-8-16(11-15)24-13-18(23)21-17-9-10-20-22(17)12-14-5-2-1-3-6-14/h1-11H,12-13H2,(H,21,23). The number of carbonyl (C=O) groups is 1. The van der Waals surface area contributed by atoms with Crippen molar-refractivity contribution in [1.29, 1.82) is 0 Å². The average Bonchev–Trinajstić information content (AvgIpc) is 3.01. The van der Waals surface area contributed by atoms with Gasteiger partial charge >= 0.3 is 0 Å². The maximum Gasteiger partial charge on any atom is 0.263 e. The van der Waals surface area contributed by atoms with Crippen LogP contribution in [0, 0.1) is 0 Å². The molecule has 1 aromatic heterocycles. The van der Waals surface area contributed by atoms with E-state index >= 15 is 0 Å². The van der Waals surface area contributed by atoms with Gasteiger partial charge in [0.2, 0.25) is 0 Å². The van der Waals surface area contributed by atoms with Crippen molar-refractivity contribution in [2.75, 3.05) is 11.9 Å². The number of amides is 1. The molecule has 0 saturated carbocycles. The number of halogens is 1. The van der Waals surface area contributed by atoms with Crippen molar-refractivity contribution in [1.82, 2.24) is 9.78 Å². The molecule has 0 radical (unpaired) electrons. The lowest BCUT2D eigenvalue weighted by Crippen LogP contribution is -2.22. The molecule has 3 rings (SSSR count). The molecule has 0 aliphatic carbocycles. The van der Waals surface area contributed by atoms with E-state index in [0.717, 1.165) is 10.0 Å². The SMILES string of the molecule is O=C(COc1cccc(Br)c1)Nc1ccnn1Cc1ccccc1. The van der Waals surface area contributed by atoms with Crippen molar-refractivity contribution in [3.63, 3.8) is 0 Å². The summed E-state index contributed by atoms with van der Waals surface area (Å²) in [5, 5.41) is 7.07. The predicted molar refractivity (Wildman–Crippen MR) is 96.0 cm³/mol. The van der Waals surface area contributed by atoms with E-state index in [1.54, 1.807) is 23.0 Å². The monoisotopic (exact) mass is 385 g/mol. The van der Waals surface area contributed by atoms with Crippen LogP contribution in [0.25, 0.3) is 0 Å². The second-order valence-corrected chi connectivity index (χ2v) is 6.07. The molecule has 0 aliphatic rings. The number of hydrogen-bond acceptors (Lipinski definition) is 3. The lowest BCUT2D eigenvalue weighted by Gasteiger charge is -2.10. The van der Waals surface area contributed by atoms with Crippen LogP contribution in [-0.2, 0) is 11.3 Å². The lowest BCUT2D eigenvalue weighted by molar-refractivity contribution is -0.118. The second-order valence-electron chi connectivity index (χ2n) is 5.15. The molecule has 0 aliphatic heterocycles. The van der Waals surface area contributed by atoms with E-state index in [4.69, 9.17) is 4.74 Å². The van der Waals surface area contributed by atoms with E-state index in [1.165, 1.54) is 0 Å². The van der Waals surface area contributed by atoms with Gasteiger partial charge in [0.25, 0.3) is 5.91 Å². The Balaban J connectivity index is 1.58. The normalized spacial score (nSPS) is 10.4. The maximum atomic E-state index is 12.1. The highest BCUT2D eigenvalue weighted by atomic mass is 79.9. The zero-order valence-corrected chi connectivity index (χ0v) is 14.4. The van der Waals surface area contributed by atoms with Crippen LogP contribution in [-0.4, -0.2) is 22.3 Å². The van der Waals surface area contributed by atoms with Crippen LogP contribution >= 0.6 is 15.9 Å². The van der Waals surface area contributed by atoms with Gasteiger partial charge in [-0.1, -0.05) is 52.3 Å². The topological polar surface area (TPSA) is 56.1 Å². The van der Waals surface area contributed by atoms with Gasteiger partial charge in [0.05, 0.1) is 12.7 Å². The fourth-order valence-corrected chi connectivity index (χ4v) is 2.58. The molecule has 0 saturated heterocycles. The summed E-state index contributed by atoms with van der Waals surface area (Å²) in [7, 11) is 0. The minimum absolute atomic E-state index is 0.0625. The van der Waals surface area contributed by atoms with Gasteiger partial charge in [-0.15, -0.1) is 0 Å². The smallest absolute Gasteiger partial charge is 0.263 e. The van der Waals surface area contributed by atoms with Crippen LogP contribution in [0.4, 0.5) is 5.82 Å². The third-order valence-corrected chi connectivity index (χ3v) is 3.82. The van der Waals surface area contributed by atoms with Gasteiger partial charge in [-0.3, -0.25) is 4.79 Å². The molecule has 2 aromatic carbocycles. The molecular weight excluding hydrogens is 370 g/mol. The summed E-state index contributed by atoms with van der Waals surface area (Å²) < 4.78 is 8.13. The van der Waals surface area contributed by atoms with Crippen molar-refractivity contribution in [3.05, 3.63) is 76.9 Å². The van der Waals surface area contributed by atoms with Crippen molar-refractivity contribution >= 4 is 27.7 Å². The Hall–Kier alpha value is -2.60. The zero-order valence-electron chi connectivity index (χ0n) is 12.9. The van der Waals surface area contributed by atoms with E-state index in [2.05, 4.69) is 26.3 Å². The highest BCUT2D eigenvalue weighted by Gasteiger charge is 2.08. The fraction of sp³-hybridized carbons (Fsp3) is 0.111. The number of anilines is 1. The molecule has 0 bridgehead atoms. The van der Waals surface area contributed by atoms with Gasteiger partial charge in [-0.25, -0.2) is 4.68 Å². The van der Waals surface area contributed by atoms with Crippen LogP contribution < -0.4 is 10.1 Å². The highest BCUT2D eigenvalue weighted by Crippen LogP contribution is 2.17. The Morgan fingerprint density at radius 3 is 2.75 bits per heavy atom. The molecule has 6 heteroatoms. The van der Waals surface area contributed by atoms with Gasteiger partial charge in [0.1, 0.15) is 11.6 Å². The van der Waals surface area contributed by atoms with E-state index < -0.39 is 0 Å². The molecule has 0 atom stereocenters. The number of aromatic nitrogens is 2. The summed E-state index contributed by atoms with van der Waals surface area (Å²) in [5.74, 6) is 1.05. The number of carbonyl (C=O) groups excluding carboxylic acids is 1. The molecule has 1 amide bonds. The summed E-state index contributed by atoms with van der Waals surface area (Å²) in [4.78, 5) is 12.1. The molecule has 122 valence electrons. The summed E-state index contributed by atoms with van der Waals surface area (Å²) in [6.07, 6.45) is 1.66. The number of hydrogen-bond donors (Lipinski definition) is 1. The first-order valence-corrected chi connectivity index (χ1v) is 8.24. The number of ether oxygens (including phenoxy) is 1. The summed E-state index contributed by atoms with van der Waals surface area (Å²) in [6.45, 7) is 0.531. The average molecular weight is 386 g/mol. The molecule has 0 unspecified atom stereocenters. The van der Waals surface area contributed by atoms with E-state index in [1.807, 2.05) is 48.5 Å². The molecule has 3 aromatic rings. The Morgan fingerprint density at radius 2 is 1.96 bits per heavy atom. The molecule has 0 fully saturated rings. The first-order chi connectivity index (χ1) is 11.7. The maximum absolute atomic E-state index is 12.1. The van der Waals surface area contributed by atoms with Gasteiger partial charge in [0.15, 0.2) is 6.61 Å². The first-order valence-electron chi connectivity index (χ1n) is 7.45. The third-order valence-electron chi connectivity index (χ3n) is 3.33. The summed E-state index contributed by atoms with van der Waals surface area (Å²) in [5.41, 5.74) is 1.11. The number of rotatable bonds is 6. The van der Waals surface area contributed by atoms with Gasteiger partial charge in [-0.2, -0.15) is 5.10 Å². The third kappa shape index (κ3) is 4.45. The fourth-order valence-electron chi connectivity index (χ4n) is 2.21. The van der Waals surface area contributed by atoms with Crippen LogP contribution in [0.5, 0.6) is 5.75 Å². The summed E-state index contributed by atoms with van der Waals surface area (Å²) in [6, 6.07) is 19.1. The Morgan fingerprint density at radius 1 is 1.12 bits per heavy atom. The van der Waals surface area contributed by atoms with Crippen LogP contribution in [0.1, 0.15) is 5.56 Å². The number of benzene rings is 2. The quantitative estimate of drug-likeness (QED) is 0.703. The minimum atomic E-state index is -0.232. The Kier molecular flexibility index (Phi) is 5.28. The Bertz CT molecular complexity index is 818. The number of nitrogens with one attached hydrogen (secondary N) is 1. The number of nitrogens with zero attached hydrogens (tertiary/aromatic N) is 2. The molecule has 1 heterocycles. The van der Waals surface area contributed by atoms with E-state index in [-0.39, 0.29) is 12.5 Å². The van der Waals surface area contributed by atoms with Crippen molar-refractivity contribution in [2.45, 2.75) is 6.54 Å². The summed E-state index contributed by atoms with van der Waals surface area (Å²) >= 11 is 3.37. The Labute approximate surface area is 148 Å². The molecular formula is C18H16BrN3O2. The highest BCUT2D eigenvalue weighted by molar-refractivity contribution is 9.10. The predicted octanol–water partition coefficient (Wildman–Crippen LogP) is 3.71. The molecule has 1 N–H and O–H groups in total.